The topological polar surface area (TPSA) is 36.9 Å². The summed E-state index contributed by atoms with van der Waals surface area (Å²) in [6.45, 7) is 5.27. The Morgan fingerprint density at radius 2 is 2.21 bits per heavy atom. The molecule has 0 amide bonds. The normalized spacial score (nSPS) is 37.7. The zero-order valence-electron chi connectivity index (χ0n) is 12.0. The van der Waals surface area contributed by atoms with Crippen LogP contribution in [0.5, 0.6) is 0 Å². The van der Waals surface area contributed by atoms with E-state index in [0.29, 0.717) is 12.1 Å². The molecule has 0 radical (unpaired) electrons. The van der Waals surface area contributed by atoms with Gasteiger partial charge in [-0.25, -0.2) is 0 Å². The van der Waals surface area contributed by atoms with Gasteiger partial charge in [0.15, 0.2) is 5.17 Å². The lowest BCUT2D eigenvalue weighted by Gasteiger charge is -2.34. The first-order chi connectivity index (χ1) is 9.17. The maximum absolute atomic E-state index is 5.47. The summed E-state index contributed by atoms with van der Waals surface area (Å²) in [4.78, 5) is 7.41. The molecule has 0 aromatic heterocycles. The van der Waals surface area contributed by atoms with Crippen molar-refractivity contribution >= 4 is 16.9 Å². The average Bonchev–Trinajstić information content (AvgIpc) is 2.78. The second-order valence-corrected chi connectivity index (χ2v) is 7.21. The first-order valence-corrected chi connectivity index (χ1v) is 8.42. The van der Waals surface area contributed by atoms with Crippen molar-refractivity contribution in [1.29, 1.82) is 0 Å². The summed E-state index contributed by atoms with van der Waals surface area (Å²) in [6, 6.07) is 1.17. The van der Waals surface area contributed by atoms with Gasteiger partial charge in [0.05, 0.1) is 11.6 Å². The lowest BCUT2D eigenvalue weighted by atomic mass is 9.93. The fraction of sp³-hybridized carbons (Fsp3) is 0.929. The number of ether oxygens (including phenoxy) is 1. The molecule has 5 heteroatoms. The predicted molar refractivity (Wildman–Crippen MR) is 80.9 cm³/mol. The number of likely N-dealkylation sites (tertiary alicyclic amines) is 1. The molecule has 2 unspecified atom stereocenters. The molecule has 3 heterocycles. The van der Waals surface area contributed by atoms with Crippen molar-refractivity contribution < 1.29 is 4.74 Å². The highest BCUT2D eigenvalue weighted by molar-refractivity contribution is 8.14. The number of nitrogens with zero attached hydrogens (tertiary/aromatic N) is 2. The van der Waals surface area contributed by atoms with Crippen LogP contribution in [-0.2, 0) is 4.74 Å². The van der Waals surface area contributed by atoms with Crippen molar-refractivity contribution in [2.24, 2.45) is 4.99 Å². The van der Waals surface area contributed by atoms with E-state index in [1.165, 1.54) is 24.6 Å². The lowest BCUT2D eigenvalue weighted by molar-refractivity contribution is 0.0555. The highest BCUT2D eigenvalue weighted by atomic mass is 32.2. The van der Waals surface area contributed by atoms with E-state index in [-0.39, 0.29) is 5.54 Å². The Bertz CT molecular complexity index is 355. The molecule has 108 valence electrons. The highest BCUT2D eigenvalue weighted by Gasteiger charge is 2.39. The van der Waals surface area contributed by atoms with Crippen molar-refractivity contribution in [3.8, 4) is 0 Å². The van der Waals surface area contributed by atoms with Crippen LogP contribution in [0.25, 0.3) is 0 Å². The van der Waals surface area contributed by atoms with E-state index in [1.54, 1.807) is 0 Å². The summed E-state index contributed by atoms with van der Waals surface area (Å²) < 4.78 is 5.47. The first-order valence-electron chi connectivity index (χ1n) is 7.44. The summed E-state index contributed by atoms with van der Waals surface area (Å²) >= 11 is 1.91. The number of hydrogen-bond acceptors (Lipinski definition) is 4. The van der Waals surface area contributed by atoms with Gasteiger partial charge in [-0.05, 0) is 39.7 Å². The molecule has 0 saturated carbocycles. The van der Waals surface area contributed by atoms with Gasteiger partial charge in [0.2, 0.25) is 0 Å². The van der Waals surface area contributed by atoms with E-state index in [2.05, 4.69) is 24.2 Å². The van der Waals surface area contributed by atoms with Gasteiger partial charge in [0, 0.05) is 31.6 Å². The van der Waals surface area contributed by atoms with Gasteiger partial charge in [0.1, 0.15) is 0 Å². The number of aliphatic imine (C=N–C) groups is 1. The molecule has 19 heavy (non-hydrogen) atoms. The van der Waals surface area contributed by atoms with E-state index in [0.717, 1.165) is 31.8 Å². The van der Waals surface area contributed by atoms with Gasteiger partial charge in [-0.3, -0.25) is 4.99 Å². The van der Waals surface area contributed by atoms with Crippen LogP contribution in [0.3, 0.4) is 0 Å². The van der Waals surface area contributed by atoms with E-state index in [1.807, 2.05) is 11.8 Å². The van der Waals surface area contributed by atoms with Gasteiger partial charge in [0.25, 0.3) is 0 Å². The summed E-state index contributed by atoms with van der Waals surface area (Å²) in [6.07, 6.45) is 4.65. The Hall–Kier alpha value is -0.260. The second kappa shape index (κ2) is 5.62. The zero-order chi connectivity index (χ0) is 13.3. The Balaban J connectivity index is 1.59. The molecule has 1 N–H and O–H groups in total. The third-order valence-electron chi connectivity index (χ3n) is 4.79. The molecule has 2 atom stereocenters. The van der Waals surface area contributed by atoms with Crippen molar-refractivity contribution in [1.82, 2.24) is 10.2 Å². The van der Waals surface area contributed by atoms with Gasteiger partial charge >= 0.3 is 0 Å². The van der Waals surface area contributed by atoms with Crippen LogP contribution in [0.2, 0.25) is 0 Å². The molecule has 3 rings (SSSR count). The van der Waals surface area contributed by atoms with Crippen molar-refractivity contribution in [2.45, 2.75) is 50.2 Å². The quantitative estimate of drug-likeness (QED) is 0.795. The number of rotatable bonds is 1. The molecule has 3 aliphatic rings. The molecule has 4 nitrogen and oxygen atoms in total. The molecule has 3 fully saturated rings. The summed E-state index contributed by atoms with van der Waals surface area (Å²) in [7, 11) is 2.22. The van der Waals surface area contributed by atoms with Crippen LogP contribution in [0, 0.1) is 0 Å². The van der Waals surface area contributed by atoms with Crippen molar-refractivity contribution in [3.05, 3.63) is 0 Å². The maximum Gasteiger partial charge on any atom is 0.157 e. The fourth-order valence-electron chi connectivity index (χ4n) is 3.15. The minimum Gasteiger partial charge on any atom is -0.381 e. The molecule has 0 aromatic carbocycles. The molecular formula is C14H25N3OS. The van der Waals surface area contributed by atoms with E-state index >= 15 is 0 Å². The van der Waals surface area contributed by atoms with Crippen LogP contribution >= 0.6 is 11.8 Å². The monoisotopic (exact) mass is 283 g/mol. The molecule has 3 saturated heterocycles. The maximum atomic E-state index is 5.47. The standard InChI is InChI=1S/C14H25N3OS/c1-11-9-12(3-6-17(11)2)15-13-16-14(10-19-13)4-7-18-8-5-14/h11-12H,3-10H2,1-2H3,(H,15,16). The van der Waals surface area contributed by atoms with Crippen LogP contribution in [0.4, 0.5) is 0 Å². The van der Waals surface area contributed by atoms with Gasteiger partial charge in [-0.2, -0.15) is 0 Å². The molecule has 1 spiro atoms. The SMILES string of the molecule is CC1CC(N=C2NC3(CCOCC3)CS2)CCN1C. The van der Waals surface area contributed by atoms with E-state index in [4.69, 9.17) is 9.73 Å². The fourth-order valence-corrected chi connectivity index (χ4v) is 4.44. The summed E-state index contributed by atoms with van der Waals surface area (Å²) in [5, 5.41) is 4.88. The number of piperidine rings is 1. The van der Waals surface area contributed by atoms with Crippen LogP contribution in [-0.4, -0.2) is 60.2 Å². The third kappa shape index (κ3) is 3.09. The zero-order valence-corrected chi connectivity index (χ0v) is 12.8. The molecule has 3 aliphatic heterocycles. The van der Waals surface area contributed by atoms with Gasteiger partial charge in [-0.15, -0.1) is 0 Å². The largest absolute Gasteiger partial charge is 0.381 e. The second-order valence-electron chi connectivity index (χ2n) is 6.25. The Morgan fingerprint density at radius 3 is 2.95 bits per heavy atom. The Kier molecular flexibility index (Phi) is 4.06. The summed E-state index contributed by atoms with van der Waals surface area (Å²) in [5.74, 6) is 1.16. The van der Waals surface area contributed by atoms with E-state index < -0.39 is 0 Å². The Labute approximate surface area is 120 Å². The predicted octanol–water partition coefficient (Wildman–Crippen LogP) is 1.71. The lowest BCUT2D eigenvalue weighted by Crippen LogP contribution is -2.48. The van der Waals surface area contributed by atoms with Gasteiger partial charge in [-0.1, -0.05) is 11.8 Å². The third-order valence-corrected chi connectivity index (χ3v) is 5.97. The van der Waals surface area contributed by atoms with Crippen LogP contribution in [0.1, 0.15) is 32.6 Å². The number of thioether (sulfide) groups is 1. The number of hydrogen-bond donors (Lipinski definition) is 1. The van der Waals surface area contributed by atoms with Crippen molar-refractivity contribution in [2.75, 3.05) is 32.6 Å². The molecule has 0 aromatic rings. The number of amidine groups is 1. The first kappa shape index (κ1) is 13.7. The molecule has 0 bridgehead atoms. The molecule has 0 aliphatic carbocycles. The number of nitrogens with one attached hydrogen (secondary N) is 1. The van der Waals surface area contributed by atoms with Crippen molar-refractivity contribution in [3.63, 3.8) is 0 Å². The highest BCUT2D eigenvalue weighted by Crippen LogP contribution is 2.32. The van der Waals surface area contributed by atoms with Crippen LogP contribution < -0.4 is 5.32 Å². The molecular weight excluding hydrogens is 258 g/mol. The Morgan fingerprint density at radius 1 is 1.42 bits per heavy atom. The summed E-state index contributed by atoms with van der Waals surface area (Å²) in [5.41, 5.74) is 0.277. The van der Waals surface area contributed by atoms with Crippen LogP contribution in [0.15, 0.2) is 4.99 Å². The smallest absolute Gasteiger partial charge is 0.157 e. The minimum atomic E-state index is 0.277. The minimum absolute atomic E-state index is 0.277. The average molecular weight is 283 g/mol. The van der Waals surface area contributed by atoms with Gasteiger partial charge < -0.3 is 15.0 Å². The van der Waals surface area contributed by atoms with E-state index in [9.17, 15) is 0 Å².